The molecule has 2 N–H and O–H groups in total. The van der Waals surface area contributed by atoms with E-state index in [9.17, 15) is 159 Å². The predicted octanol–water partition coefficient (Wildman–Crippen LogP) is 10.9. The molecule has 0 radical (unpaired) electrons. The van der Waals surface area contributed by atoms with Crippen molar-refractivity contribution in [1.29, 1.82) is 0 Å². The predicted molar refractivity (Wildman–Crippen MR) is 132 cm³/mol. The molecule has 0 heterocycles. The average molecular weight is 1030 g/mol. The third kappa shape index (κ3) is 7.88. The van der Waals surface area contributed by atoms with E-state index in [4.69, 9.17) is 0 Å². The minimum Gasteiger partial charge on any atom is -0.347 e. The van der Waals surface area contributed by atoms with E-state index in [1.165, 1.54) is 0 Å². The van der Waals surface area contributed by atoms with Crippen molar-refractivity contribution in [3.8, 4) is 0 Å². The van der Waals surface area contributed by atoms with Crippen molar-refractivity contribution in [1.82, 2.24) is 10.6 Å². The van der Waals surface area contributed by atoms with Crippen LogP contribution >= 0.6 is 0 Å². The molecule has 1 aromatic carbocycles. The Bertz CT molecular complexity index is 1750. The van der Waals surface area contributed by atoms with Crippen LogP contribution < -0.4 is 10.6 Å². The lowest BCUT2D eigenvalue weighted by Gasteiger charge is -2.42. The van der Waals surface area contributed by atoms with Crippen LogP contribution in [0.25, 0.3) is 0 Å². The molecule has 1 rings (SSSR count). The second kappa shape index (κ2) is 15.7. The minimum absolute atomic E-state index is 0.0333. The highest BCUT2D eigenvalue weighted by molar-refractivity contribution is 5.85. The van der Waals surface area contributed by atoms with Crippen molar-refractivity contribution in [3.05, 3.63) is 35.4 Å². The van der Waals surface area contributed by atoms with E-state index in [-0.39, 0.29) is 6.07 Å². The van der Waals surface area contributed by atoms with Crippen molar-refractivity contribution in [2.24, 2.45) is 0 Å². The number of halogens is 34. The number of hydrogen-bond donors (Lipinski definition) is 2. The summed E-state index contributed by atoms with van der Waals surface area (Å²) in [5.74, 6) is -130. The smallest absolute Gasteiger partial charge is 0.347 e. The summed E-state index contributed by atoms with van der Waals surface area (Å²) in [6.45, 7) is -4.05. The van der Waals surface area contributed by atoms with E-state index in [1.54, 1.807) is 0 Å². The van der Waals surface area contributed by atoms with Gasteiger partial charge in [0.2, 0.25) is 0 Å². The summed E-state index contributed by atoms with van der Waals surface area (Å²) in [6, 6.07) is 1.00. The van der Waals surface area contributed by atoms with Gasteiger partial charge in [-0.05, 0) is 11.1 Å². The van der Waals surface area contributed by atoms with E-state index < -0.39 is 131 Å². The van der Waals surface area contributed by atoms with Crippen LogP contribution in [0.3, 0.4) is 0 Å². The first-order valence-electron chi connectivity index (χ1n) is 14.6. The number of benzene rings is 1. The summed E-state index contributed by atoms with van der Waals surface area (Å²) in [6.07, 6.45) is -16.2. The van der Waals surface area contributed by atoms with Crippen LogP contribution in [0.2, 0.25) is 0 Å². The fraction of sp³-hybridized carbons (Fsp3) is 0.692. The Morgan fingerprint density at radius 1 is 0.312 bits per heavy atom. The Balaban J connectivity index is 3.41. The fourth-order valence-electron chi connectivity index (χ4n) is 4.05. The van der Waals surface area contributed by atoms with Gasteiger partial charge >= 0.3 is 95.3 Å². The lowest BCUT2D eigenvalue weighted by atomic mass is 9.88. The molecule has 0 saturated heterocycles. The Morgan fingerprint density at radius 2 is 0.500 bits per heavy atom. The molecule has 0 aliphatic rings. The van der Waals surface area contributed by atoms with Crippen LogP contribution in [-0.2, 0) is 22.7 Å². The maximum atomic E-state index is 14.1. The molecule has 0 aromatic heterocycles. The van der Waals surface area contributed by atoms with Crippen molar-refractivity contribution in [3.63, 3.8) is 0 Å². The Labute approximate surface area is 326 Å². The zero-order valence-electron chi connectivity index (χ0n) is 28.4. The second-order valence-corrected chi connectivity index (χ2v) is 12.2. The van der Waals surface area contributed by atoms with Crippen LogP contribution in [0.5, 0.6) is 0 Å². The summed E-state index contributed by atoms with van der Waals surface area (Å²) < 4.78 is 456. The molecule has 0 aliphatic carbocycles. The summed E-state index contributed by atoms with van der Waals surface area (Å²) in [7, 11) is 0. The summed E-state index contributed by atoms with van der Waals surface area (Å²) in [4.78, 5) is 23.3. The maximum Gasteiger partial charge on any atom is 0.460 e. The van der Waals surface area contributed by atoms with Crippen LogP contribution in [0.1, 0.15) is 11.1 Å². The number of hydrogen-bond acceptors (Lipinski definition) is 2. The van der Waals surface area contributed by atoms with Gasteiger partial charge in [0.25, 0.3) is 11.8 Å². The standard InChI is InChI=1S/C26H10F34N2O2/c27-11(28,13(31,32)15(35,36)17(39,40)19(43,44)21(47,48)23(51,52)25(55,56)57)9(63)61-5-7-2-1-3-8(4-7)6-62-10(64)12(29,30)14(33,34)16(37,38)18(41,42)20(45,46)22(49,50)24(53,54)26(58,59)60/h1-4H,5-6H2,(H,61,63)(H,62,64). The zero-order chi connectivity index (χ0) is 52.0. The molecule has 374 valence electrons. The maximum absolute atomic E-state index is 14.1. The number of amides is 2. The number of alkyl halides is 34. The van der Waals surface area contributed by atoms with Gasteiger partial charge in [-0.3, -0.25) is 9.59 Å². The summed E-state index contributed by atoms with van der Waals surface area (Å²) >= 11 is 0. The monoisotopic (exact) mass is 1030 g/mol. The first kappa shape index (κ1) is 57.8. The van der Waals surface area contributed by atoms with Crippen molar-refractivity contribution < 1.29 is 159 Å². The van der Waals surface area contributed by atoms with Crippen molar-refractivity contribution in [2.45, 2.75) is 108 Å². The molecule has 64 heavy (non-hydrogen) atoms. The largest absolute Gasteiger partial charge is 0.460 e. The van der Waals surface area contributed by atoms with E-state index in [0.29, 0.717) is 28.8 Å². The van der Waals surface area contributed by atoms with Crippen molar-refractivity contribution in [2.75, 3.05) is 0 Å². The first-order chi connectivity index (χ1) is 27.5. The normalized spacial score (nSPS) is 15.9. The van der Waals surface area contributed by atoms with Gasteiger partial charge in [0.1, 0.15) is 0 Å². The molecule has 2 amide bonds. The van der Waals surface area contributed by atoms with Crippen LogP contribution in [0.4, 0.5) is 149 Å². The fourth-order valence-corrected chi connectivity index (χ4v) is 4.05. The molecule has 0 atom stereocenters. The minimum atomic E-state index is -9.10. The molecular formula is C26H10F34N2O2. The number of carbonyl (C=O) groups is 2. The first-order valence-corrected chi connectivity index (χ1v) is 14.6. The zero-order valence-corrected chi connectivity index (χ0v) is 28.4. The van der Waals surface area contributed by atoms with Gasteiger partial charge in [0.05, 0.1) is 0 Å². The second-order valence-electron chi connectivity index (χ2n) is 12.2. The SMILES string of the molecule is O=C(NCc1cccc(CNC(=O)C(F)(F)C(F)(F)C(F)(F)C(F)(F)C(F)(F)C(F)(F)C(F)(F)C(F)(F)F)c1)C(F)(F)C(F)(F)C(F)(F)C(F)(F)C(F)(F)C(F)(F)C(F)(F)C(F)(F)F. The molecule has 38 heteroatoms. The summed E-state index contributed by atoms with van der Waals surface area (Å²) in [5, 5.41) is 0.705. The van der Waals surface area contributed by atoms with Crippen LogP contribution in [-0.4, -0.2) is 107 Å². The summed E-state index contributed by atoms with van der Waals surface area (Å²) in [5.41, 5.74) is -2.31. The van der Waals surface area contributed by atoms with Gasteiger partial charge < -0.3 is 10.6 Å². The van der Waals surface area contributed by atoms with Crippen LogP contribution in [0, 0.1) is 0 Å². The molecule has 0 unspecified atom stereocenters. The van der Waals surface area contributed by atoms with E-state index in [1.807, 2.05) is 0 Å². The van der Waals surface area contributed by atoms with Gasteiger partial charge in [-0.2, -0.15) is 149 Å². The highest BCUT2D eigenvalue weighted by atomic mass is 19.4. The highest BCUT2D eigenvalue weighted by Crippen LogP contribution is 2.66. The average Bonchev–Trinajstić information content (AvgIpc) is 3.10. The topological polar surface area (TPSA) is 58.2 Å². The van der Waals surface area contributed by atoms with Gasteiger partial charge in [0, 0.05) is 13.1 Å². The van der Waals surface area contributed by atoms with Gasteiger partial charge in [-0.1, -0.05) is 24.3 Å². The molecule has 0 saturated carbocycles. The quantitative estimate of drug-likeness (QED) is 0.144. The van der Waals surface area contributed by atoms with Gasteiger partial charge in [-0.15, -0.1) is 0 Å². The van der Waals surface area contributed by atoms with E-state index in [2.05, 4.69) is 0 Å². The molecule has 0 spiro atoms. The molecule has 1 aromatic rings. The van der Waals surface area contributed by atoms with Gasteiger partial charge in [-0.25, -0.2) is 0 Å². The Kier molecular flexibility index (Phi) is 14.2. The lowest BCUT2D eigenvalue weighted by molar-refractivity contribution is -0.459. The number of nitrogens with one attached hydrogen (secondary N) is 2. The highest BCUT2D eigenvalue weighted by Gasteiger charge is 2.97. The lowest BCUT2D eigenvalue weighted by Crippen LogP contribution is -2.75. The number of carbonyl (C=O) groups excluding carboxylic acids is 2. The van der Waals surface area contributed by atoms with Crippen molar-refractivity contribution >= 4 is 11.8 Å². The molecule has 0 aliphatic heterocycles. The molecule has 0 bridgehead atoms. The third-order valence-corrected chi connectivity index (χ3v) is 7.91. The van der Waals surface area contributed by atoms with Crippen LogP contribution in [0.15, 0.2) is 24.3 Å². The van der Waals surface area contributed by atoms with Gasteiger partial charge in [0.15, 0.2) is 0 Å². The Morgan fingerprint density at radius 3 is 0.703 bits per heavy atom. The molecule has 0 fully saturated rings. The molecular weight excluding hydrogens is 1020 g/mol. The Hall–Kier alpha value is -4.22. The molecule has 4 nitrogen and oxygen atoms in total. The van der Waals surface area contributed by atoms with E-state index in [0.717, 1.165) is 0 Å². The third-order valence-electron chi connectivity index (χ3n) is 7.91. The number of rotatable bonds is 18. The van der Waals surface area contributed by atoms with E-state index >= 15 is 0 Å².